The minimum Gasteiger partial charge on any atom is -0.204 e. The molecular weight excluding hydrogens is 314 g/mol. The van der Waals surface area contributed by atoms with Crippen molar-refractivity contribution < 1.29 is 8.78 Å². The first-order valence-electron chi connectivity index (χ1n) is 10.3. The van der Waals surface area contributed by atoms with Crippen LogP contribution in [0.1, 0.15) is 82.6 Å². The zero-order valence-corrected chi connectivity index (χ0v) is 15.5. The highest BCUT2D eigenvalue weighted by Gasteiger charge is 2.30. The largest absolute Gasteiger partial charge is 0.204 e. The van der Waals surface area contributed by atoms with Gasteiger partial charge < -0.3 is 0 Å². The van der Waals surface area contributed by atoms with E-state index in [0.29, 0.717) is 5.92 Å². The number of benzene rings is 1. The van der Waals surface area contributed by atoms with E-state index in [1.807, 2.05) is 0 Å². The predicted molar refractivity (Wildman–Crippen MR) is 101 cm³/mol. The van der Waals surface area contributed by atoms with Crippen LogP contribution in [0.3, 0.4) is 0 Å². The van der Waals surface area contributed by atoms with E-state index < -0.39 is 11.6 Å². The molecule has 0 nitrogen and oxygen atoms in total. The van der Waals surface area contributed by atoms with Gasteiger partial charge in [0, 0.05) is 0 Å². The summed E-state index contributed by atoms with van der Waals surface area (Å²) in [6, 6.07) is 4.47. The minimum absolute atomic E-state index is 0.416. The fourth-order valence-electron chi connectivity index (χ4n) is 4.95. The van der Waals surface area contributed by atoms with Gasteiger partial charge in [0.15, 0.2) is 11.6 Å². The highest BCUT2D eigenvalue weighted by atomic mass is 19.2. The van der Waals surface area contributed by atoms with Crippen molar-refractivity contribution in [2.75, 3.05) is 0 Å². The molecule has 1 aromatic rings. The molecule has 0 aromatic heterocycles. The Morgan fingerprint density at radius 2 is 1.52 bits per heavy atom. The van der Waals surface area contributed by atoms with Gasteiger partial charge in [0.2, 0.25) is 0 Å². The van der Waals surface area contributed by atoms with E-state index in [9.17, 15) is 8.78 Å². The summed E-state index contributed by atoms with van der Waals surface area (Å²) in [5, 5.41) is 0. The zero-order valence-electron chi connectivity index (χ0n) is 15.5. The molecule has 0 unspecified atom stereocenters. The maximum absolute atomic E-state index is 13.5. The quantitative estimate of drug-likeness (QED) is 0.487. The Kier molecular flexibility index (Phi) is 6.67. The fraction of sp³-hybridized carbons (Fsp3) is 0.652. The molecule has 138 valence electrons. The van der Waals surface area contributed by atoms with Crippen molar-refractivity contribution in [3.8, 4) is 0 Å². The molecule has 0 N–H and O–H groups in total. The monoisotopic (exact) mass is 346 g/mol. The maximum Gasteiger partial charge on any atom is 0.159 e. The van der Waals surface area contributed by atoms with Gasteiger partial charge in [-0.3, -0.25) is 0 Å². The summed E-state index contributed by atoms with van der Waals surface area (Å²) in [7, 11) is 0. The molecule has 2 fully saturated rings. The van der Waals surface area contributed by atoms with Gasteiger partial charge in [0.05, 0.1) is 0 Å². The average molecular weight is 347 g/mol. The van der Waals surface area contributed by atoms with Crippen molar-refractivity contribution in [1.82, 2.24) is 0 Å². The van der Waals surface area contributed by atoms with Gasteiger partial charge in [0.1, 0.15) is 0 Å². The number of hydrogen-bond acceptors (Lipinski definition) is 0. The molecule has 0 atom stereocenters. The van der Waals surface area contributed by atoms with Crippen LogP contribution < -0.4 is 0 Å². The van der Waals surface area contributed by atoms with Gasteiger partial charge in [-0.15, -0.1) is 0 Å². The summed E-state index contributed by atoms with van der Waals surface area (Å²) in [5.74, 6) is 1.53. The van der Waals surface area contributed by atoms with Crippen molar-refractivity contribution in [1.29, 1.82) is 0 Å². The second-order valence-electron chi connectivity index (χ2n) is 8.18. The third-order valence-corrected chi connectivity index (χ3v) is 6.53. The first-order chi connectivity index (χ1) is 12.2. The Bertz CT molecular complexity index is 561. The first-order valence-corrected chi connectivity index (χ1v) is 10.3. The standard InChI is InChI=1S/C23H32F2/c1-2-3-4-5-17-6-8-18(9-7-17)19-10-12-20(13-11-19)21-14-15-22(24)23(25)16-21/h4-5,14-20H,2-3,6-13H2,1H3/b5-4+/t17-,18-,19?,20?. The zero-order chi connectivity index (χ0) is 17.6. The van der Waals surface area contributed by atoms with Crippen LogP contribution in [0.4, 0.5) is 8.78 Å². The van der Waals surface area contributed by atoms with Crippen LogP contribution in [0.25, 0.3) is 0 Å². The van der Waals surface area contributed by atoms with Crippen LogP contribution in [0.15, 0.2) is 30.4 Å². The lowest BCUT2D eigenvalue weighted by Crippen LogP contribution is -2.25. The molecule has 2 aliphatic rings. The lowest BCUT2D eigenvalue weighted by molar-refractivity contribution is 0.171. The van der Waals surface area contributed by atoms with Crippen LogP contribution in [0.2, 0.25) is 0 Å². The molecule has 0 bridgehead atoms. The van der Waals surface area contributed by atoms with Crippen LogP contribution in [-0.4, -0.2) is 0 Å². The van der Waals surface area contributed by atoms with E-state index >= 15 is 0 Å². The summed E-state index contributed by atoms with van der Waals surface area (Å²) in [4.78, 5) is 0. The second kappa shape index (κ2) is 8.96. The fourth-order valence-corrected chi connectivity index (χ4v) is 4.95. The van der Waals surface area contributed by atoms with Crippen molar-refractivity contribution in [2.24, 2.45) is 17.8 Å². The highest BCUT2D eigenvalue weighted by Crippen LogP contribution is 2.44. The highest BCUT2D eigenvalue weighted by molar-refractivity contribution is 5.22. The summed E-state index contributed by atoms with van der Waals surface area (Å²) in [5.41, 5.74) is 0.988. The van der Waals surface area contributed by atoms with E-state index in [1.165, 1.54) is 63.5 Å². The number of hydrogen-bond donors (Lipinski definition) is 0. The van der Waals surface area contributed by atoms with E-state index in [2.05, 4.69) is 19.1 Å². The molecule has 2 aliphatic carbocycles. The molecule has 3 rings (SSSR count). The molecule has 0 radical (unpaired) electrons. The minimum atomic E-state index is -0.734. The van der Waals surface area contributed by atoms with Crippen LogP contribution in [-0.2, 0) is 0 Å². The van der Waals surface area contributed by atoms with Crippen molar-refractivity contribution in [3.63, 3.8) is 0 Å². The van der Waals surface area contributed by atoms with E-state index in [-0.39, 0.29) is 0 Å². The molecule has 1 aromatic carbocycles. The third-order valence-electron chi connectivity index (χ3n) is 6.53. The Morgan fingerprint density at radius 3 is 2.12 bits per heavy atom. The normalized spacial score (nSPS) is 30.7. The lowest BCUT2D eigenvalue weighted by atomic mass is 9.68. The molecule has 2 saturated carbocycles. The first kappa shape index (κ1) is 18.6. The smallest absolute Gasteiger partial charge is 0.159 e. The molecule has 0 aliphatic heterocycles. The van der Waals surface area contributed by atoms with Crippen molar-refractivity contribution in [2.45, 2.75) is 77.0 Å². The predicted octanol–water partition coefficient (Wildman–Crippen LogP) is 7.40. The van der Waals surface area contributed by atoms with Gasteiger partial charge in [0.25, 0.3) is 0 Å². The van der Waals surface area contributed by atoms with Crippen LogP contribution >= 0.6 is 0 Å². The van der Waals surface area contributed by atoms with Gasteiger partial charge in [-0.2, -0.15) is 0 Å². The Balaban J connectivity index is 1.46. The van der Waals surface area contributed by atoms with Crippen molar-refractivity contribution >= 4 is 0 Å². The molecule has 0 amide bonds. The maximum atomic E-state index is 13.5. The van der Waals surface area contributed by atoms with E-state index in [0.717, 1.165) is 36.2 Å². The van der Waals surface area contributed by atoms with Gasteiger partial charge in [-0.1, -0.05) is 31.6 Å². The molecule has 0 saturated heterocycles. The Hall–Kier alpha value is -1.18. The summed E-state index contributed by atoms with van der Waals surface area (Å²) in [6.45, 7) is 2.23. The molecule has 0 spiro atoms. The topological polar surface area (TPSA) is 0 Å². The number of rotatable bonds is 5. The lowest BCUT2D eigenvalue weighted by Gasteiger charge is -2.37. The SMILES string of the molecule is CCC/C=C/[C@H]1CC[C@H](C2CCC(c3ccc(F)c(F)c3)CC2)CC1. The van der Waals surface area contributed by atoms with E-state index in [1.54, 1.807) is 6.07 Å². The third kappa shape index (κ3) is 4.92. The van der Waals surface area contributed by atoms with Crippen LogP contribution in [0.5, 0.6) is 0 Å². The van der Waals surface area contributed by atoms with Gasteiger partial charge in [-0.05, 0) is 99.2 Å². The molecule has 25 heavy (non-hydrogen) atoms. The summed E-state index contributed by atoms with van der Waals surface area (Å²) >= 11 is 0. The number of unbranched alkanes of at least 4 members (excludes halogenated alkanes) is 1. The second-order valence-corrected chi connectivity index (χ2v) is 8.18. The van der Waals surface area contributed by atoms with Crippen molar-refractivity contribution in [3.05, 3.63) is 47.5 Å². The molecule has 0 heterocycles. The Labute approximate surface area is 151 Å². The Morgan fingerprint density at radius 1 is 0.880 bits per heavy atom. The molecular formula is C23H32F2. The summed E-state index contributed by atoms with van der Waals surface area (Å²) in [6.07, 6.45) is 17.5. The number of allylic oxidation sites excluding steroid dienone is 2. The van der Waals surface area contributed by atoms with Gasteiger partial charge in [-0.25, -0.2) is 8.78 Å². The van der Waals surface area contributed by atoms with Gasteiger partial charge >= 0.3 is 0 Å². The average Bonchev–Trinajstić information content (AvgIpc) is 2.65. The summed E-state index contributed by atoms with van der Waals surface area (Å²) < 4.78 is 26.6. The van der Waals surface area contributed by atoms with Crippen LogP contribution in [0, 0.1) is 29.4 Å². The van der Waals surface area contributed by atoms with E-state index in [4.69, 9.17) is 0 Å². The molecule has 2 heteroatoms. The number of halogens is 2.